The number of rotatable bonds is 4. The van der Waals surface area contributed by atoms with E-state index < -0.39 is 10.0 Å². The molecular weight excluding hydrogens is 272 g/mol. The molecular formula is C10H16N4O4S. The number of esters is 1. The van der Waals surface area contributed by atoms with Crippen LogP contribution in [0.1, 0.15) is 0 Å². The van der Waals surface area contributed by atoms with Crippen LogP contribution >= 0.6 is 0 Å². The van der Waals surface area contributed by atoms with Crippen molar-refractivity contribution in [1.29, 1.82) is 0 Å². The molecule has 0 atom stereocenters. The Morgan fingerprint density at radius 3 is 2.63 bits per heavy atom. The zero-order valence-electron chi connectivity index (χ0n) is 10.6. The van der Waals surface area contributed by atoms with Gasteiger partial charge in [0.1, 0.15) is 0 Å². The molecule has 0 radical (unpaired) electrons. The lowest BCUT2D eigenvalue weighted by molar-refractivity contribution is -0.142. The maximum Gasteiger partial charge on any atom is 0.319 e. The van der Waals surface area contributed by atoms with Crippen LogP contribution in [0.2, 0.25) is 0 Å². The first kappa shape index (κ1) is 14.0. The van der Waals surface area contributed by atoms with Crippen LogP contribution in [0, 0.1) is 0 Å². The molecule has 9 heteroatoms. The lowest BCUT2D eigenvalue weighted by Crippen LogP contribution is -2.49. The first-order chi connectivity index (χ1) is 9.04. The molecule has 19 heavy (non-hydrogen) atoms. The van der Waals surface area contributed by atoms with Crippen LogP contribution < -0.4 is 0 Å². The topological polar surface area (TPSA) is 95.6 Å². The summed E-state index contributed by atoms with van der Waals surface area (Å²) in [6, 6.07) is 1.43. The van der Waals surface area contributed by atoms with E-state index in [-0.39, 0.29) is 17.5 Å². The quantitative estimate of drug-likeness (QED) is 0.706. The second-order valence-electron chi connectivity index (χ2n) is 4.18. The average Bonchev–Trinajstić information content (AvgIpc) is 2.94. The molecule has 1 aliphatic heterocycles. The van der Waals surface area contributed by atoms with E-state index >= 15 is 0 Å². The first-order valence-electron chi connectivity index (χ1n) is 5.83. The maximum absolute atomic E-state index is 12.2. The summed E-state index contributed by atoms with van der Waals surface area (Å²) in [4.78, 5) is 13.0. The number of hydrogen-bond donors (Lipinski definition) is 1. The number of sulfonamides is 1. The number of piperazine rings is 1. The van der Waals surface area contributed by atoms with Crippen molar-refractivity contribution in [2.24, 2.45) is 0 Å². The molecule has 2 heterocycles. The molecule has 1 aromatic heterocycles. The fourth-order valence-electron chi connectivity index (χ4n) is 1.90. The lowest BCUT2D eigenvalue weighted by atomic mass is 10.3. The van der Waals surface area contributed by atoms with Gasteiger partial charge in [-0.05, 0) is 6.07 Å². The van der Waals surface area contributed by atoms with E-state index in [4.69, 9.17) is 0 Å². The number of ether oxygens (including phenoxy) is 1. The standard InChI is InChI=1S/C10H16N4O4S/c1-18-10(15)8-13-4-6-14(7-5-13)19(16,17)9-2-3-11-12-9/h2-3H,4-8H2,1H3,(H,11,12). The number of aromatic amines is 1. The summed E-state index contributed by atoms with van der Waals surface area (Å²) in [5.41, 5.74) is 0. The minimum atomic E-state index is -3.50. The molecule has 1 aliphatic rings. The fraction of sp³-hybridized carbons (Fsp3) is 0.600. The second kappa shape index (κ2) is 5.68. The Kier molecular flexibility index (Phi) is 4.17. The van der Waals surface area contributed by atoms with E-state index in [1.807, 2.05) is 4.90 Å². The monoisotopic (exact) mass is 288 g/mol. The number of nitrogens with one attached hydrogen (secondary N) is 1. The molecule has 0 bridgehead atoms. The van der Waals surface area contributed by atoms with Gasteiger partial charge in [0.05, 0.1) is 19.9 Å². The van der Waals surface area contributed by atoms with Crippen LogP contribution in [0.4, 0.5) is 0 Å². The lowest BCUT2D eigenvalue weighted by Gasteiger charge is -2.32. The van der Waals surface area contributed by atoms with Crippen LogP contribution in [0.5, 0.6) is 0 Å². The summed E-state index contributed by atoms with van der Waals surface area (Å²) in [5.74, 6) is -0.315. The first-order valence-corrected chi connectivity index (χ1v) is 7.27. The largest absolute Gasteiger partial charge is 0.468 e. The van der Waals surface area contributed by atoms with Gasteiger partial charge >= 0.3 is 5.97 Å². The highest BCUT2D eigenvalue weighted by Gasteiger charge is 2.29. The molecule has 0 spiro atoms. The third-order valence-corrected chi connectivity index (χ3v) is 4.83. The van der Waals surface area contributed by atoms with E-state index in [0.717, 1.165) is 0 Å². The van der Waals surface area contributed by atoms with E-state index in [2.05, 4.69) is 14.9 Å². The Balaban J connectivity index is 1.95. The summed E-state index contributed by atoms with van der Waals surface area (Å²) in [6.07, 6.45) is 1.40. The molecule has 8 nitrogen and oxygen atoms in total. The molecule has 0 amide bonds. The molecule has 1 saturated heterocycles. The number of hydrogen-bond acceptors (Lipinski definition) is 6. The Bertz CT molecular complexity index is 520. The van der Waals surface area contributed by atoms with Gasteiger partial charge in [-0.15, -0.1) is 0 Å². The number of nitrogens with zero attached hydrogens (tertiary/aromatic N) is 3. The summed E-state index contributed by atoms with van der Waals surface area (Å²) in [7, 11) is -2.17. The van der Waals surface area contributed by atoms with Crippen molar-refractivity contribution in [2.75, 3.05) is 39.8 Å². The smallest absolute Gasteiger partial charge is 0.319 e. The minimum absolute atomic E-state index is 0.0916. The fourth-order valence-corrected chi connectivity index (χ4v) is 3.22. The van der Waals surface area contributed by atoms with Gasteiger partial charge in [-0.2, -0.15) is 9.40 Å². The molecule has 1 fully saturated rings. The van der Waals surface area contributed by atoms with Crippen molar-refractivity contribution < 1.29 is 17.9 Å². The van der Waals surface area contributed by atoms with Crippen LogP contribution in [0.25, 0.3) is 0 Å². The van der Waals surface area contributed by atoms with Crippen molar-refractivity contribution >= 4 is 16.0 Å². The number of carbonyl (C=O) groups excluding carboxylic acids is 1. The molecule has 0 aromatic carbocycles. The third-order valence-electron chi connectivity index (χ3n) is 3.00. The average molecular weight is 288 g/mol. The predicted octanol–water partition coefficient (Wildman–Crippen LogP) is -1.11. The predicted molar refractivity (Wildman–Crippen MR) is 65.8 cm³/mol. The molecule has 1 N–H and O–H groups in total. The van der Waals surface area contributed by atoms with Gasteiger partial charge in [0.15, 0.2) is 5.03 Å². The number of methoxy groups -OCH3 is 1. The molecule has 0 aliphatic carbocycles. The van der Waals surface area contributed by atoms with E-state index in [9.17, 15) is 13.2 Å². The van der Waals surface area contributed by atoms with Gasteiger partial charge in [0.25, 0.3) is 10.0 Å². The summed E-state index contributed by atoms with van der Waals surface area (Å²) < 4.78 is 30.3. The molecule has 0 saturated carbocycles. The van der Waals surface area contributed by atoms with Crippen molar-refractivity contribution in [2.45, 2.75) is 5.03 Å². The molecule has 0 unspecified atom stereocenters. The van der Waals surface area contributed by atoms with E-state index in [1.165, 1.54) is 23.7 Å². The number of H-pyrrole nitrogens is 1. The van der Waals surface area contributed by atoms with E-state index in [1.54, 1.807) is 0 Å². The number of aromatic nitrogens is 2. The summed E-state index contributed by atoms with van der Waals surface area (Å²) in [6.45, 7) is 1.88. The van der Waals surface area contributed by atoms with Crippen molar-refractivity contribution in [3.8, 4) is 0 Å². The van der Waals surface area contributed by atoms with Gasteiger partial charge in [-0.3, -0.25) is 14.8 Å². The van der Waals surface area contributed by atoms with E-state index in [0.29, 0.717) is 26.2 Å². The zero-order valence-corrected chi connectivity index (χ0v) is 11.4. The van der Waals surface area contributed by atoms with Gasteiger partial charge < -0.3 is 4.74 Å². The Morgan fingerprint density at radius 1 is 1.42 bits per heavy atom. The van der Waals surface area contributed by atoms with Crippen LogP contribution in [0.15, 0.2) is 17.3 Å². The highest BCUT2D eigenvalue weighted by molar-refractivity contribution is 7.89. The van der Waals surface area contributed by atoms with Crippen LogP contribution in [-0.2, 0) is 19.6 Å². The highest BCUT2D eigenvalue weighted by Crippen LogP contribution is 2.14. The summed E-state index contributed by atoms with van der Waals surface area (Å²) in [5, 5.41) is 6.20. The van der Waals surface area contributed by atoms with Crippen LogP contribution in [-0.4, -0.2) is 73.6 Å². The Labute approximate surface area is 111 Å². The summed E-state index contributed by atoms with van der Waals surface area (Å²) >= 11 is 0. The van der Waals surface area contributed by atoms with Crippen molar-refractivity contribution in [3.63, 3.8) is 0 Å². The molecule has 106 valence electrons. The molecule has 2 rings (SSSR count). The van der Waals surface area contributed by atoms with Gasteiger partial charge in [0, 0.05) is 26.2 Å². The molecule has 1 aromatic rings. The zero-order chi connectivity index (χ0) is 13.9. The van der Waals surface area contributed by atoms with Crippen LogP contribution in [0.3, 0.4) is 0 Å². The van der Waals surface area contributed by atoms with Crippen molar-refractivity contribution in [3.05, 3.63) is 12.3 Å². The highest BCUT2D eigenvalue weighted by atomic mass is 32.2. The Hall–Kier alpha value is -1.45. The maximum atomic E-state index is 12.2. The minimum Gasteiger partial charge on any atom is -0.468 e. The Morgan fingerprint density at radius 2 is 2.11 bits per heavy atom. The second-order valence-corrected chi connectivity index (χ2v) is 6.08. The van der Waals surface area contributed by atoms with Gasteiger partial charge in [-0.1, -0.05) is 0 Å². The third kappa shape index (κ3) is 3.11. The SMILES string of the molecule is COC(=O)CN1CCN(S(=O)(=O)c2ccn[nH]2)CC1. The van der Waals surface area contributed by atoms with Crippen molar-refractivity contribution in [1.82, 2.24) is 19.4 Å². The van der Waals surface area contributed by atoms with Gasteiger partial charge in [0.2, 0.25) is 0 Å². The van der Waals surface area contributed by atoms with Gasteiger partial charge in [-0.25, -0.2) is 8.42 Å². The normalized spacial score (nSPS) is 18.4. The number of carbonyl (C=O) groups is 1.